The molecule has 1 aliphatic rings. The number of carbonyl (C=O) groups is 1. The zero-order valence-corrected chi connectivity index (χ0v) is 14.1. The Kier molecular flexibility index (Phi) is 5.26. The third-order valence-corrected chi connectivity index (χ3v) is 4.88. The number of hydrogen-bond donors (Lipinski definition) is 1. The van der Waals surface area contributed by atoms with Crippen molar-refractivity contribution in [1.82, 2.24) is 9.88 Å². The van der Waals surface area contributed by atoms with E-state index in [1.165, 1.54) is 11.1 Å². The zero-order chi connectivity index (χ0) is 16.9. The van der Waals surface area contributed by atoms with Crippen molar-refractivity contribution >= 4 is 5.97 Å². The highest BCUT2D eigenvalue weighted by molar-refractivity contribution is 5.70. The Morgan fingerprint density at radius 1 is 1.25 bits per heavy atom. The molecule has 1 aromatic heterocycles. The van der Waals surface area contributed by atoms with Crippen LogP contribution in [0.25, 0.3) is 0 Å². The molecule has 1 unspecified atom stereocenters. The number of aromatic nitrogens is 1. The van der Waals surface area contributed by atoms with Crippen LogP contribution in [0, 0.1) is 12.8 Å². The van der Waals surface area contributed by atoms with Crippen molar-refractivity contribution in [2.45, 2.75) is 32.2 Å². The molecular formula is C20H24N2O2. The van der Waals surface area contributed by atoms with E-state index < -0.39 is 5.97 Å². The normalized spacial score (nSPS) is 17.5. The highest BCUT2D eigenvalue weighted by Crippen LogP contribution is 2.30. The lowest BCUT2D eigenvalue weighted by molar-refractivity contribution is -0.143. The molecular weight excluding hydrogens is 300 g/mol. The molecule has 1 fully saturated rings. The van der Waals surface area contributed by atoms with E-state index >= 15 is 0 Å². The van der Waals surface area contributed by atoms with E-state index in [0.717, 1.165) is 38.0 Å². The molecule has 1 N–H and O–H groups in total. The SMILES string of the molecule is Cc1cccc(C(Cc2ccccn2)N2CCC(C(=O)O)CC2)c1. The van der Waals surface area contributed by atoms with Crippen molar-refractivity contribution in [3.05, 3.63) is 65.5 Å². The van der Waals surface area contributed by atoms with Gasteiger partial charge in [0.25, 0.3) is 0 Å². The summed E-state index contributed by atoms with van der Waals surface area (Å²) in [5.74, 6) is -0.860. The molecule has 1 atom stereocenters. The molecule has 0 saturated carbocycles. The number of benzene rings is 1. The van der Waals surface area contributed by atoms with Crippen LogP contribution in [0.15, 0.2) is 48.7 Å². The Bertz CT molecular complexity index is 679. The summed E-state index contributed by atoms with van der Waals surface area (Å²) in [6, 6.07) is 14.9. The Labute approximate surface area is 143 Å². The van der Waals surface area contributed by atoms with Crippen LogP contribution in [0.5, 0.6) is 0 Å². The van der Waals surface area contributed by atoms with Crippen molar-refractivity contribution in [2.75, 3.05) is 13.1 Å². The first-order valence-electron chi connectivity index (χ1n) is 8.57. The molecule has 2 aromatic rings. The second kappa shape index (κ2) is 7.58. The number of piperidine rings is 1. The molecule has 0 amide bonds. The van der Waals surface area contributed by atoms with Gasteiger partial charge in [-0.05, 0) is 50.6 Å². The fourth-order valence-corrected chi connectivity index (χ4v) is 3.51. The standard InChI is InChI=1S/C20H24N2O2/c1-15-5-4-6-17(13-15)19(14-18-7-2-3-10-21-18)22-11-8-16(9-12-22)20(23)24/h2-7,10,13,16,19H,8-9,11-12,14H2,1H3,(H,23,24). The summed E-state index contributed by atoms with van der Waals surface area (Å²) in [5.41, 5.74) is 3.61. The number of rotatable bonds is 5. The Balaban J connectivity index is 1.81. The van der Waals surface area contributed by atoms with Crippen LogP contribution in [0.3, 0.4) is 0 Å². The van der Waals surface area contributed by atoms with Gasteiger partial charge in [-0.15, -0.1) is 0 Å². The fraction of sp³-hybridized carbons (Fsp3) is 0.400. The third kappa shape index (κ3) is 4.01. The van der Waals surface area contributed by atoms with Crippen molar-refractivity contribution in [1.29, 1.82) is 0 Å². The number of likely N-dealkylation sites (tertiary alicyclic amines) is 1. The highest BCUT2D eigenvalue weighted by atomic mass is 16.4. The molecule has 4 heteroatoms. The van der Waals surface area contributed by atoms with E-state index in [9.17, 15) is 9.90 Å². The second-order valence-corrected chi connectivity index (χ2v) is 6.60. The van der Waals surface area contributed by atoms with Gasteiger partial charge >= 0.3 is 5.97 Å². The summed E-state index contributed by atoms with van der Waals surface area (Å²) < 4.78 is 0. The number of pyridine rings is 1. The molecule has 2 heterocycles. The van der Waals surface area contributed by atoms with Crippen molar-refractivity contribution in [2.24, 2.45) is 5.92 Å². The lowest BCUT2D eigenvalue weighted by Gasteiger charge is -2.37. The van der Waals surface area contributed by atoms with E-state index in [1.807, 2.05) is 18.3 Å². The van der Waals surface area contributed by atoms with Crippen LogP contribution in [0.2, 0.25) is 0 Å². The van der Waals surface area contributed by atoms with E-state index in [-0.39, 0.29) is 12.0 Å². The number of carboxylic acids is 1. The minimum atomic E-state index is -0.661. The van der Waals surface area contributed by atoms with Gasteiger partial charge < -0.3 is 5.11 Å². The average Bonchev–Trinajstić information content (AvgIpc) is 2.61. The summed E-state index contributed by atoms with van der Waals surface area (Å²) in [6.07, 6.45) is 4.13. The maximum absolute atomic E-state index is 11.2. The van der Waals surface area contributed by atoms with E-state index in [2.05, 4.69) is 47.1 Å². The van der Waals surface area contributed by atoms with Crippen LogP contribution in [-0.2, 0) is 11.2 Å². The first-order valence-corrected chi connectivity index (χ1v) is 8.57. The molecule has 0 radical (unpaired) electrons. The molecule has 0 aliphatic carbocycles. The first kappa shape index (κ1) is 16.7. The fourth-order valence-electron chi connectivity index (χ4n) is 3.51. The Hall–Kier alpha value is -2.20. The van der Waals surface area contributed by atoms with Gasteiger partial charge in [0.1, 0.15) is 0 Å². The molecule has 1 saturated heterocycles. The Morgan fingerprint density at radius 3 is 2.67 bits per heavy atom. The minimum Gasteiger partial charge on any atom is -0.481 e. The van der Waals surface area contributed by atoms with Gasteiger partial charge in [-0.3, -0.25) is 14.7 Å². The van der Waals surface area contributed by atoms with Crippen molar-refractivity contribution in [3.63, 3.8) is 0 Å². The Morgan fingerprint density at radius 2 is 2.04 bits per heavy atom. The van der Waals surface area contributed by atoms with E-state index in [1.54, 1.807) is 0 Å². The van der Waals surface area contributed by atoms with Crippen molar-refractivity contribution in [3.8, 4) is 0 Å². The van der Waals surface area contributed by atoms with Crippen LogP contribution in [0.4, 0.5) is 0 Å². The molecule has 1 aromatic carbocycles. The summed E-state index contributed by atoms with van der Waals surface area (Å²) in [7, 11) is 0. The van der Waals surface area contributed by atoms with Gasteiger partial charge in [0.15, 0.2) is 0 Å². The highest BCUT2D eigenvalue weighted by Gasteiger charge is 2.29. The number of aliphatic carboxylic acids is 1. The van der Waals surface area contributed by atoms with Gasteiger partial charge in [0.05, 0.1) is 5.92 Å². The van der Waals surface area contributed by atoms with Crippen LogP contribution in [0.1, 0.15) is 35.7 Å². The van der Waals surface area contributed by atoms with Crippen molar-refractivity contribution < 1.29 is 9.90 Å². The third-order valence-electron chi connectivity index (χ3n) is 4.88. The monoisotopic (exact) mass is 324 g/mol. The van der Waals surface area contributed by atoms with Gasteiger partial charge in [-0.1, -0.05) is 35.9 Å². The number of nitrogens with zero attached hydrogens (tertiary/aromatic N) is 2. The zero-order valence-electron chi connectivity index (χ0n) is 14.1. The minimum absolute atomic E-state index is 0.200. The van der Waals surface area contributed by atoms with Gasteiger partial charge in [0.2, 0.25) is 0 Å². The maximum atomic E-state index is 11.2. The molecule has 1 aliphatic heterocycles. The van der Waals surface area contributed by atoms with Gasteiger partial charge in [0, 0.05) is 24.4 Å². The quantitative estimate of drug-likeness (QED) is 0.915. The second-order valence-electron chi connectivity index (χ2n) is 6.60. The molecule has 126 valence electrons. The number of aryl methyl sites for hydroxylation is 1. The molecule has 3 rings (SSSR count). The first-order chi connectivity index (χ1) is 11.6. The molecule has 24 heavy (non-hydrogen) atoms. The van der Waals surface area contributed by atoms with Crippen LogP contribution >= 0.6 is 0 Å². The average molecular weight is 324 g/mol. The van der Waals surface area contributed by atoms with Gasteiger partial charge in [-0.25, -0.2) is 0 Å². The molecule has 4 nitrogen and oxygen atoms in total. The predicted molar refractivity (Wildman–Crippen MR) is 93.8 cm³/mol. The summed E-state index contributed by atoms with van der Waals surface area (Å²) in [4.78, 5) is 18.1. The largest absolute Gasteiger partial charge is 0.481 e. The van der Waals surface area contributed by atoms with Gasteiger partial charge in [-0.2, -0.15) is 0 Å². The van der Waals surface area contributed by atoms with E-state index in [0.29, 0.717) is 0 Å². The summed E-state index contributed by atoms with van der Waals surface area (Å²) in [5, 5.41) is 9.22. The summed E-state index contributed by atoms with van der Waals surface area (Å²) in [6.45, 7) is 3.75. The lowest BCUT2D eigenvalue weighted by Crippen LogP contribution is -2.39. The van der Waals surface area contributed by atoms with Crippen LogP contribution in [-0.4, -0.2) is 34.0 Å². The molecule has 0 bridgehead atoms. The predicted octanol–water partition coefficient (Wildman–Crippen LogP) is 3.47. The lowest BCUT2D eigenvalue weighted by atomic mass is 9.92. The molecule has 0 spiro atoms. The maximum Gasteiger partial charge on any atom is 0.306 e. The smallest absolute Gasteiger partial charge is 0.306 e. The summed E-state index contributed by atoms with van der Waals surface area (Å²) >= 11 is 0. The topological polar surface area (TPSA) is 53.4 Å². The number of carboxylic acid groups (broad SMARTS) is 1. The number of hydrogen-bond acceptors (Lipinski definition) is 3. The van der Waals surface area contributed by atoms with Crippen LogP contribution < -0.4 is 0 Å². The van der Waals surface area contributed by atoms with E-state index in [4.69, 9.17) is 0 Å².